The molecular weight excluding hydrogens is 235 g/mol. The summed E-state index contributed by atoms with van der Waals surface area (Å²) in [5.74, 6) is 0.111. The minimum Gasteiger partial charge on any atom is -0.235 e. The van der Waals surface area contributed by atoms with Gasteiger partial charge in [0.15, 0.2) is 11.5 Å². The van der Waals surface area contributed by atoms with Crippen molar-refractivity contribution in [2.24, 2.45) is 0 Å². The highest BCUT2D eigenvalue weighted by atomic mass is 19.4. The molecule has 0 aliphatic rings. The average Bonchev–Trinajstić information content (AvgIpc) is 2.76. The monoisotopic (exact) mass is 239 g/mol. The van der Waals surface area contributed by atoms with Gasteiger partial charge in [-0.25, -0.2) is 4.98 Å². The minimum atomic E-state index is -4.43. The van der Waals surface area contributed by atoms with Crippen LogP contribution >= 0.6 is 0 Å². The number of rotatable bonds is 1. The third kappa shape index (κ3) is 2.23. The Labute approximate surface area is 93.1 Å². The summed E-state index contributed by atoms with van der Waals surface area (Å²) in [6, 6.07) is 3.75. The molecule has 5 nitrogen and oxygen atoms in total. The van der Waals surface area contributed by atoms with Crippen molar-refractivity contribution in [1.82, 2.24) is 20.0 Å². The zero-order chi connectivity index (χ0) is 12.5. The van der Waals surface area contributed by atoms with Crippen LogP contribution in [0.4, 0.5) is 13.2 Å². The molecule has 0 radical (unpaired) electrons. The van der Waals surface area contributed by atoms with Crippen molar-refractivity contribution in [3.63, 3.8) is 0 Å². The summed E-state index contributed by atoms with van der Waals surface area (Å²) in [6.45, 7) is 0. The van der Waals surface area contributed by atoms with Crippen LogP contribution in [0, 0.1) is 11.3 Å². The summed E-state index contributed by atoms with van der Waals surface area (Å²) in [4.78, 5) is 4.56. The molecule has 0 saturated carbocycles. The molecule has 0 fully saturated rings. The topological polar surface area (TPSA) is 67.4 Å². The fraction of sp³-hybridized carbons (Fsp3) is 0.111. The molecule has 0 bridgehead atoms. The molecule has 0 atom stereocenters. The Morgan fingerprint density at radius 3 is 2.47 bits per heavy atom. The van der Waals surface area contributed by atoms with Crippen LogP contribution in [-0.4, -0.2) is 20.0 Å². The smallest absolute Gasteiger partial charge is 0.235 e. The predicted molar refractivity (Wildman–Crippen MR) is 48.9 cm³/mol. The van der Waals surface area contributed by atoms with Crippen LogP contribution in [0.3, 0.4) is 0 Å². The highest BCUT2D eigenvalue weighted by molar-refractivity contribution is 5.25. The molecule has 0 aliphatic carbocycles. The van der Waals surface area contributed by atoms with Crippen molar-refractivity contribution < 1.29 is 13.2 Å². The first-order valence-corrected chi connectivity index (χ1v) is 4.37. The van der Waals surface area contributed by atoms with Crippen LogP contribution in [0.25, 0.3) is 5.82 Å². The summed E-state index contributed by atoms with van der Waals surface area (Å²) >= 11 is 0. The Morgan fingerprint density at radius 2 is 2.00 bits per heavy atom. The molecule has 0 spiro atoms. The minimum absolute atomic E-state index is 0.0618. The van der Waals surface area contributed by atoms with E-state index in [1.807, 2.05) is 0 Å². The highest BCUT2D eigenvalue weighted by Crippen LogP contribution is 2.28. The molecular formula is C9H4F3N5. The molecule has 0 N–H and O–H groups in total. The molecule has 0 saturated heterocycles. The van der Waals surface area contributed by atoms with Gasteiger partial charge in [0.25, 0.3) is 0 Å². The Bertz CT molecular complexity index is 564. The second-order valence-electron chi connectivity index (χ2n) is 3.03. The number of nitriles is 1. The number of nitrogens with zero attached hydrogens (tertiary/aromatic N) is 5. The largest absolute Gasteiger partial charge is 0.417 e. The summed E-state index contributed by atoms with van der Waals surface area (Å²) in [5.41, 5.74) is -0.791. The lowest BCUT2D eigenvalue weighted by atomic mass is 10.3. The van der Waals surface area contributed by atoms with Crippen molar-refractivity contribution in [2.75, 3.05) is 0 Å². The Hall–Kier alpha value is -2.43. The molecule has 0 unspecified atom stereocenters. The van der Waals surface area contributed by atoms with Gasteiger partial charge in [-0.3, -0.25) is 0 Å². The van der Waals surface area contributed by atoms with Gasteiger partial charge in [-0.05, 0) is 12.1 Å². The molecule has 2 aromatic heterocycles. The third-order valence-electron chi connectivity index (χ3n) is 1.89. The quantitative estimate of drug-likeness (QED) is 0.757. The normalized spacial score (nSPS) is 11.2. The number of pyridine rings is 1. The highest BCUT2D eigenvalue weighted by Gasteiger charge is 2.30. The molecule has 0 aliphatic heterocycles. The van der Waals surface area contributed by atoms with E-state index in [0.29, 0.717) is 6.20 Å². The van der Waals surface area contributed by atoms with Gasteiger partial charge in [-0.2, -0.15) is 23.5 Å². The van der Waals surface area contributed by atoms with Crippen molar-refractivity contribution >= 4 is 0 Å². The van der Waals surface area contributed by atoms with E-state index in [-0.39, 0.29) is 11.5 Å². The van der Waals surface area contributed by atoms with E-state index < -0.39 is 11.7 Å². The van der Waals surface area contributed by atoms with E-state index in [1.54, 1.807) is 6.07 Å². The average molecular weight is 239 g/mol. The van der Waals surface area contributed by atoms with Gasteiger partial charge < -0.3 is 0 Å². The van der Waals surface area contributed by atoms with E-state index in [9.17, 15) is 13.2 Å². The second kappa shape index (κ2) is 3.86. The number of hydrogen-bond donors (Lipinski definition) is 0. The molecule has 0 aromatic carbocycles. The van der Waals surface area contributed by atoms with Gasteiger partial charge >= 0.3 is 6.18 Å². The first kappa shape index (κ1) is 11.1. The molecule has 2 aromatic rings. The van der Waals surface area contributed by atoms with Crippen LogP contribution in [0.5, 0.6) is 0 Å². The van der Waals surface area contributed by atoms with E-state index in [0.717, 1.165) is 16.9 Å². The maximum Gasteiger partial charge on any atom is 0.417 e. The van der Waals surface area contributed by atoms with E-state index in [4.69, 9.17) is 5.26 Å². The van der Waals surface area contributed by atoms with Gasteiger partial charge in [-0.15, -0.1) is 9.90 Å². The number of hydrogen-bond acceptors (Lipinski definition) is 4. The van der Waals surface area contributed by atoms with Gasteiger partial charge in [-0.1, -0.05) is 0 Å². The van der Waals surface area contributed by atoms with Crippen LogP contribution < -0.4 is 0 Å². The van der Waals surface area contributed by atoms with Crippen LogP contribution in [-0.2, 0) is 6.18 Å². The van der Waals surface area contributed by atoms with Gasteiger partial charge in [0.2, 0.25) is 0 Å². The molecule has 8 heteroatoms. The fourth-order valence-electron chi connectivity index (χ4n) is 1.10. The lowest BCUT2D eigenvalue weighted by molar-refractivity contribution is -0.137. The zero-order valence-corrected chi connectivity index (χ0v) is 8.18. The van der Waals surface area contributed by atoms with E-state index in [2.05, 4.69) is 15.2 Å². The number of halogens is 3. The third-order valence-corrected chi connectivity index (χ3v) is 1.89. The van der Waals surface area contributed by atoms with Crippen molar-refractivity contribution in [3.05, 3.63) is 35.8 Å². The maximum atomic E-state index is 12.3. The Balaban J connectivity index is 2.33. The summed E-state index contributed by atoms with van der Waals surface area (Å²) in [7, 11) is 0. The number of alkyl halides is 3. The van der Waals surface area contributed by atoms with Gasteiger partial charge in [0.1, 0.15) is 6.07 Å². The molecule has 2 heterocycles. The molecule has 17 heavy (non-hydrogen) atoms. The maximum absolute atomic E-state index is 12.3. The Kier molecular flexibility index (Phi) is 2.51. The Morgan fingerprint density at radius 1 is 1.24 bits per heavy atom. The second-order valence-corrected chi connectivity index (χ2v) is 3.03. The fourth-order valence-corrected chi connectivity index (χ4v) is 1.10. The van der Waals surface area contributed by atoms with Gasteiger partial charge in [0.05, 0.1) is 11.8 Å². The molecule has 0 amide bonds. The molecule has 86 valence electrons. The first-order chi connectivity index (χ1) is 8.00. The van der Waals surface area contributed by atoms with Crippen LogP contribution in [0.2, 0.25) is 0 Å². The first-order valence-electron chi connectivity index (χ1n) is 4.37. The molecule has 2 rings (SSSR count). The van der Waals surface area contributed by atoms with E-state index >= 15 is 0 Å². The zero-order valence-electron chi connectivity index (χ0n) is 8.18. The summed E-state index contributed by atoms with van der Waals surface area (Å²) in [5, 5.41) is 15.9. The van der Waals surface area contributed by atoms with E-state index in [1.165, 1.54) is 6.20 Å². The van der Waals surface area contributed by atoms with Crippen molar-refractivity contribution in [1.29, 1.82) is 5.26 Å². The lowest BCUT2D eigenvalue weighted by Crippen LogP contribution is -2.07. The summed E-state index contributed by atoms with van der Waals surface area (Å²) < 4.78 is 36.8. The van der Waals surface area contributed by atoms with Crippen molar-refractivity contribution in [2.45, 2.75) is 6.18 Å². The predicted octanol–water partition coefficient (Wildman–Crippen LogP) is 1.55. The lowest BCUT2D eigenvalue weighted by Gasteiger charge is -2.05. The van der Waals surface area contributed by atoms with Crippen LogP contribution in [0.1, 0.15) is 11.3 Å². The summed E-state index contributed by atoms with van der Waals surface area (Å²) in [6.07, 6.45) is -2.55. The SMILES string of the molecule is N#Cc1cnn(-c2ccc(C(F)(F)F)cn2)n1. The number of aromatic nitrogens is 4. The van der Waals surface area contributed by atoms with Crippen molar-refractivity contribution in [3.8, 4) is 11.9 Å². The van der Waals surface area contributed by atoms with Gasteiger partial charge in [0, 0.05) is 6.20 Å². The standard InChI is InChI=1S/C9H4F3N5/c10-9(11,12)6-1-2-8(14-4-6)17-15-5-7(3-13)16-17/h1-2,4-5H. The van der Waals surface area contributed by atoms with Crippen LogP contribution in [0.15, 0.2) is 24.5 Å².